The van der Waals surface area contributed by atoms with Gasteiger partial charge >= 0.3 is 0 Å². The van der Waals surface area contributed by atoms with Crippen LogP contribution in [0.15, 0.2) is 77.3 Å². The molecule has 5 nitrogen and oxygen atoms in total. The van der Waals surface area contributed by atoms with Crippen molar-refractivity contribution in [3.05, 3.63) is 72.1 Å². The minimum Gasteiger partial charge on any atom is -0.495 e. The van der Waals surface area contributed by atoms with Gasteiger partial charge in [-0.05, 0) is 35.7 Å². The Morgan fingerprint density at radius 1 is 0.964 bits per heavy atom. The number of rotatable bonds is 8. The van der Waals surface area contributed by atoms with Crippen LogP contribution in [0, 0.1) is 0 Å². The van der Waals surface area contributed by atoms with E-state index in [0.29, 0.717) is 6.61 Å². The summed E-state index contributed by atoms with van der Waals surface area (Å²) in [6.07, 6.45) is 0. The molecule has 4 aromatic rings. The van der Waals surface area contributed by atoms with E-state index in [0.717, 1.165) is 38.8 Å². The van der Waals surface area contributed by atoms with E-state index in [9.17, 15) is 0 Å². The smallest absolute Gasteiger partial charge is 0.196 e. The molecule has 4 rings (SSSR count). The summed E-state index contributed by atoms with van der Waals surface area (Å²) in [6, 6.07) is 21.8. The molecule has 0 aliphatic carbocycles. The van der Waals surface area contributed by atoms with Gasteiger partial charge in [0.2, 0.25) is 0 Å². The summed E-state index contributed by atoms with van der Waals surface area (Å²) in [4.78, 5) is 1.06. The fourth-order valence-electron chi connectivity index (χ4n) is 2.77. The van der Waals surface area contributed by atoms with E-state index in [2.05, 4.69) is 14.8 Å². The topological polar surface area (TPSA) is 49.2 Å². The van der Waals surface area contributed by atoms with Crippen LogP contribution in [0.25, 0.3) is 16.4 Å². The molecule has 142 valence electrons. The van der Waals surface area contributed by atoms with Gasteiger partial charge in [0, 0.05) is 5.75 Å². The first-order chi connectivity index (χ1) is 13.9. The van der Waals surface area contributed by atoms with Crippen LogP contribution < -0.4 is 9.47 Å². The summed E-state index contributed by atoms with van der Waals surface area (Å²) >= 11 is 3.25. The fraction of sp³-hybridized carbons (Fsp3) is 0.143. The lowest BCUT2D eigenvalue weighted by Crippen LogP contribution is -2.04. The lowest BCUT2D eigenvalue weighted by atomic mass is 10.3. The highest BCUT2D eigenvalue weighted by atomic mass is 32.2. The van der Waals surface area contributed by atoms with Gasteiger partial charge in [0.15, 0.2) is 11.0 Å². The number of para-hydroxylation sites is 3. The van der Waals surface area contributed by atoms with Gasteiger partial charge in [-0.25, -0.2) is 0 Å². The zero-order valence-electron chi connectivity index (χ0n) is 15.3. The predicted octanol–water partition coefficient (Wildman–Crippen LogP) is 5.18. The highest BCUT2D eigenvalue weighted by Gasteiger charge is 2.19. The molecular weight excluding hydrogens is 390 g/mol. The second-order valence-corrected chi connectivity index (χ2v) is 7.81. The second kappa shape index (κ2) is 8.95. The van der Waals surface area contributed by atoms with E-state index >= 15 is 0 Å². The molecule has 0 saturated heterocycles. The van der Waals surface area contributed by atoms with Crippen molar-refractivity contribution in [1.82, 2.24) is 14.8 Å². The molecule has 0 N–H and O–H groups in total. The zero-order valence-corrected chi connectivity index (χ0v) is 17.0. The van der Waals surface area contributed by atoms with Crippen LogP contribution in [-0.2, 0) is 0 Å². The molecule has 2 aromatic heterocycles. The molecule has 7 heteroatoms. The quantitative estimate of drug-likeness (QED) is 0.297. The number of thiophene rings is 1. The van der Waals surface area contributed by atoms with Gasteiger partial charge in [-0.1, -0.05) is 48.2 Å². The first-order valence-corrected chi connectivity index (χ1v) is 10.7. The molecule has 28 heavy (non-hydrogen) atoms. The minimum atomic E-state index is 0.585. The number of aromatic nitrogens is 3. The van der Waals surface area contributed by atoms with Crippen LogP contribution in [0.3, 0.4) is 0 Å². The molecule has 0 saturated carbocycles. The summed E-state index contributed by atoms with van der Waals surface area (Å²) in [7, 11) is 1.68. The third-order valence-corrected chi connectivity index (χ3v) is 5.79. The van der Waals surface area contributed by atoms with E-state index in [1.807, 2.05) is 72.1 Å². The zero-order chi connectivity index (χ0) is 19.2. The van der Waals surface area contributed by atoms with E-state index in [1.165, 1.54) is 0 Å². The van der Waals surface area contributed by atoms with Gasteiger partial charge in [0.1, 0.15) is 11.5 Å². The van der Waals surface area contributed by atoms with Gasteiger partial charge in [0.25, 0.3) is 0 Å². The largest absolute Gasteiger partial charge is 0.495 e. The molecular formula is C21H19N3O2S2. The highest BCUT2D eigenvalue weighted by molar-refractivity contribution is 7.99. The van der Waals surface area contributed by atoms with Crippen LogP contribution in [0.4, 0.5) is 0 Å². The predicted molar refractivity (Wildman–Crippen MR) is 114 cm³/mol. The summed E-state index contributed by atoms with van der Waals surface area (Å²) in [6.45, 7) is 0.585. The van der Waals surface area contributed by atoms with Crippen molar-refractivity contribution in [2.75, 3.05) is 19.5 Å². The molecule has 2 heterocycles. The van der Waals surface area contributed by atoms with E-state index in [1.54, 1.807) is 30.2 Å². The summed E-state index contributed by atoms with van der Waals surface area (Å²) in [5.41, 5.74) is 0.921. The van der Waals surface area contributed by atoms with Crippen molar-refractivity contribution in [2.45, 2.75) is 5.16 Å². The third kappa shape index (κ3) is 4.05. The summed E-state index contributed by atoms with van der Waals surface area (Å²) < 4.78 is 13.4. The van der Waals surface area contributed by atoms with Crippen LogP contribution in [0.2, 0.25) is 0 Å². The van der Waals surface area contributed by atoms with Gasteiger partial charge in [0.05, 0.1) is 24.3 Å². The first kappa shape index (κ1) is 18.6. The van der Waals surface area contributed by atoms with E-state index in [-0.39, 0.29) is 0 Å². The van der Waals surface area contributed by atoms with Crippen molar-refractivity contribution in [3.63, 3.8) is 0 Å². The molecule has 0 bridgehead atoms. The van der Waals surface area contributed by atoms with Gasteiger partial charge in [-0.15, -0.1) is 21.5 Å². The maximum atomic E-state index is 5.80. The number of benzene rings is 2. The van der Waals surface area contributed by atoms with Crippen molar-refractivity contribution in [1.29, 1.82) is 0 Å². The molecule has 0 amide bonds. The van der Waals surface area contributed by atoms with Gasteiger partial charge in [-0.2, -0.15) is 0 Å². The Balaban J connectivity index is 1.59. The third-order valence-electron chi connectivity index (χ3n) is 4.03. The van der Waals surface area contributed by atoms with E-state index in [4.69, 9.17) is 9.47 Å². The van der Waals surface area contributed by atoms with Crippen LogP contribution in [0.1, 0.15) is 0 Å². The van der Waals surface area contributed by atoms with Gasteiger partial charge in [-0.3, -0.25) is 4.57 Å². The lowest BCUT2D eigenvalue weighted by molar-refractivity contribution is 0.344. The number of methoxy groups -OCH3 is 1. The fourth-order valence-corrected chi connectivity index (χ4v) is 4.23. The normalized spacial score (nSPS) is 10.8. The molecule has 0 radical (unpaired) electrons. The molecule has 0 aliphatic rings. The maximum Gasteiger partial charge on any atom is 0.196 e. The summed E-state index contributed by atoms with van der Waals surface area (Å²) in [5.74, 6) is 3.22. The van der Waals surface area contributed by atoms with Crippen molar-refractivity contribution in [2.24, 2.45) is 0 Å². The SMILES string of the molecule is COc1ccccc1-n1c(SCCOc2ccccc2)nnc1-c1cccs1. The maximum absolute atomic E-state index is 5.80. The van der Waals surface area contributed by atoms with Crippen LogP contribution in [-0.4, -0.2) is 34.2 Å². The number of hydrogen-bond acceptors (Lipinski definition) is 6. The Labute approximate surface area is 172 Å². The van der Waals surface area contributed by atoms with E-state index < -0.39 is 0 Å². The Kier molecular flexibility index (Phi) is 5.94. The lowest BCUT2D eigenvalue weighted by Gasteiger charge is -2.13. The molecule has 0 spiro atoms. The van der Waals surface area contributed by atoms with Crippen molar-refractivity contribution >= 4 is 23.1 Å². The molecule has 0 fully saturated rings. The summed E-state index contributed by atoms with van der Waals surface area (Å²) in [5, 5.41) is 11.7. The molecule has 0 aliphatic heterocycles. The molecule has 0 atom stereocenters. The Hall–Kier alpha value is -2.77. The first-order valence-electron chi connectivity index (χ1n) is 8.80. The van der Waals surface area contributed by atoms with Crippen LogP contribution in [0.5, 0.6) is 11.5 Å². The average molecular weight is 410 g/mol. The second-order valence-electron chi connectivity index (χ2n) is 5.80. The molecule has 0 unspecified atom stereocenters. The van der Waals surface area contributed by atoms with Crippen molar-refractivity contribution in [3.8, 4) is 27.9 Å². The Morgan fingerprint density at radius 2 is 1.79 bits per heavy atom. The monoisotopic (exact) mass is 409 g/mol. The highest BCUT2D eigenvalue weighted by Crippen LogP contribution is 2.33. The van der Waals surface area contributed by atoms with Crippen molar-refractivity contribution < 1.29 is 9.47 Å². The number of thioether (sulfide) groups is 1. The van der Waals surface area contributed by atoms with Gasteiger partial charge < -0.3 is 9.47 Å². The Bertz CT molecular complexity index is 1020. The standard InChI is InChI=1S/C21H19N3O2S2/c1-25-18-11-6-5-10-17(18)24-20(19-12-7-14-27-19)22-23-21(24)28-15-13-26-16-8-3-2-4-9-16/h2-12,14H,13,15H2,1H3. The number of ether oxygens (including phenoxy) is 2. The molecule has 2 aromatic carbocycles. The number of nitrogens with zero attached hydrogens (tertiary/aromatic N) is 3. The Morgan fingerprint density at radius 3 is 2.57 bits per heavy atom. The average Bonchev–Trinajstić information content (AvgIpc) is 3.41. The number of hydrogen-bond donors (Lipinski definition) is 0. The minimum absolute atomic E-state index is 0.585. The van der Waals surface area contributed by atoms with Crippen LogP contribution >= 0.6 is 23.1 Å².